The van der Waals surface area contributed by atoms with Crippen molar-refractivity contribution in [1.82, 2.24) is 10.3 Å². The molecule has 2 aromatic carbocycles. The van der Waals surface area contributed by atoms with E-state index in [1.54, 1.807) is 39.1 Å². The number of alkyl halides is 3. The van der Waals surface area contributed by atoms with Crippen LogP contribution in [0.2, 0.25) is 0 Å². The fraction of sp³-hybridized carbons (Fsp3) is 0.345. The Morgan fingerprint density at radius 3 is 2.42 bits per heavy atom. The summed E-state index contributed by atoms with van der Waals surface area (Å²) >= 11 is 1.19. The topological polar surface area (TPSA) is 89.5 Å². The van der Waals surface area contributed by atoms with Crippen molar-refractivity contribution in [2.45, 2.75) is 45.5 Å². The van der Waals surface area contributed by atoms with Crippen LogP contribution in [0.1, 0.15) is 44.7 Å². The first-order chi connectivity index (χ1) is 19.0. The number of ether oxygens (including phenoxy) is 2. The molecule has 0 spiro atoms. The van der Waals surface area contributed by atoms with Gasteiger partial charge in [0.2, 0.25) is 0 Å². The molecular weight excluding hydrogens is 543 g/mol. The lowest BCUT2D eigenvalue weighted by Crippen LogP contribution is -2.62. The molecule has 11 heteroatoms. The Labute approximate surface area is 234 Å². The van der Waals surface area contributed by atoms with E-state index in [1.807, 2.05) is 30.3 Å². The largest absolute Gasteiger partial charge is 0.466 e. The van der Waals surface area contributed by atoms with Gasteiger partial charge in [-0.2, -0.15) is 13.2 Å². The van der Waals surface area contributed by atoms with Gasteiger partial charge in [0.1, 0.15) is 11.6 Å². The number of hydrogen-bond donors (Lipinski definition) is 2. The lowest BCUT2D eigenvalue weighted by molar-refractivity contribution is -0.152. The number of halogens is 3. The molecule has 0 radical (unpaired) electrons. The standard InChI is InChI=1S/C29H30F3N3O4S/c1-5-38-25(36)22-17(3)34-28(4,24(26(37)39-6-2)23(22)18-11-8-7-9-12-18)35-27-33-21(16-40-27)19-13-10-14-20(15-19)29(30,31)32/h7-16,23-24,34H,5-6H2,1-4H3,(H,33,35). The fourth-order valence-electron chi connectivity index (χ4n) is 5.03. The van der Waals surface area contributed by atoms with Crippen molar-refractivity contribution in [2.24, 2.45) is 5.92 Å². The summed E-state index contributed by atoms with van der Waals surface area (Å²) in [5.41, 5.74) is 0.243. The Balaban J connectivity index is 1.78. The number of rotatable bonds is 8. The molecule has 3 unspecified atom stereocenters. The zero-order valence-electron chi connectivity index (χ0n) is 22.5. The Morgan fingerprint density at radius 2 is 1.77 bits per heavy atom. The molecule has 0 amide bonds. The van der Waals surface area contributed by atoms with Crippen LogP contribution in [0.15, 0.2) is 71.2 Å². The normalized spacial score (nSPS) is 21.0. The minimum absolute atomic E-state index is 0.126. The second kappa shape index (κ2) is 11.7. The van der Waals surface area contributed by atoms with Crippen LogP contribution < -0.4 is 10.6 Å². The molecule has 2 heterocycles. The van der Waals surface area contributed by atoms with Crippen molar-refractivity contribution < 1.29 is 32.2 Å². The molecule has 1 aromatic heterocycles. The molecule has 2 N–H and O–H groups in total. The number of benzene rings is 2. The van der Waals surface area contributed by atoms with Crippen LogP contribution in [-0.4, -0.2) is 35.8 Å². The number of anilines is 1. The van der Waals surface area contributed by atoms with Crippen molar-refractivity contribution in [1.29, 1.82) is 0 Å². The van der Waals surface area contributed by atoms with Gasteiger partial charge in [-0.25, -0.2) is 9.78 Å². The Hall–Kier alpha value is -3.86. The molecule has 3 aromatic rings. The Kier molecular flexibility index (Phi) is 8.53. The van der Waals surface area contributed by atoms with Crippen LogP contribution in [0.25, 0.3) is 11.3 Å². The number of thiazole rings is 1. The van der Waals surface area contributed by atoms with Gasteiger partial charge in [0.05, 0.1) is 30.0 Å². The predicted octanol–water partition coefficient (Wildman–Crippen LogP) is 6.36. The number of carbonyl (C=O) groups excluding carboxylic acids is 2. The summed E-state index contributed by atoms with van der Waals surface area (Å²) in [6, 6.07) is 14.1. The summed E-state index contributed by atoms with van der Waals surface area (Å²) in [6.07, 6.45) is -4.48. The van der Waals surface area contributed by atoms with Gasteiger partial charge < -0.3 is 20.1 Å². The maximum atomic E-state index is 13.6. The van der Waals surface area contributed by atoms with E-state index in [0.717, 1.165) is 17.7 Å². The maximum Gasteiger partial charge on any atom is 0.416 e. The van der Waals surface area contributed by atoms with Crippen molar-refractivity contribution in [3.8, 4) is 11.3 Å². The fourth-order valence-corrected chi connectivity index (χ4v) is 5.86. The highest BCUT2D eigenvalue weighted by atomic mass is 32.1. The molecule has 0 aliphatic carbocycles. The van der Waals surface area contributed by atoms with Crippen LogP contribution in [0, 0.1) is 5.92 Å². The third-order valence-corrected chi connectivity index (χ3v) is 7.43. The minimum atomic E-state index is -4.48. The van der Waals surface area contributed by atoms with Crippen molar-refractivity contribution in [3.05, 3.63) is 82.4 Å². The number of hydrogen-bond acceptors (Lipinski definition) is 8. The number of aromatic nitrogens is 1. The van der Waals surface area contributed by atoms with Gasteiger partial charge in [-0.3, -0.25) is 4.79 Å². The van der Waals surface area contributed by atoms with Gasteiger partial charge in [0, 0.05) is 22.6 Å². The number of carbonyl (C=O) groups is 2. The van der Waals surface area contributed by atoms with E-state index in [0.29, 0.717) is 27.7 Å². The summed E-state index contributed by atoms with van der Waals surface area (Å²) in [7, 11) is 0. The average molecular weight is 574 g/mol. The van der Waals surface area contributed by atoms with Crippen LogP contribution in [0.4, 0.5) is 18.3 Å². The van der Waals surface area contributed by atoms with Crippen molar-refractivity contribution >= 4 is 28.4 Å². The van der Waals surface area contributed by atoms with E-state index >= 15 is 0 Å². The molecule has 7 nitrogen and oxygen atoms in total. The van der Waals surface area contributed by atoms with E-state index < -0.39 is 41.2 Å². The SMILES string of the molecule is CCOC(=O)C1=C(C)NC(C)(Nc2nc(-c3cccc(C(F)(F)F)c3)cs2)C(C(=O)OCC)C1c1ccccc1. The second-order valence-corrected chi connectivity index (χ2v) is 10.3. The minimum Gasteiger partial charge on any atom is -0.466 e. The Morgan fingerprint density at radius 1 is 1.07 bits per heavy atom. The molecule has 212 valence electrons. The van der Waals surface area contributed by atoms with Crippen LogP contribution >= 0.6 is 11.3 Å². The molecule has 40 heavy (non-hydrogen) atoms. The summed E-state index contributed by atoms with van der Waals surface area (Å²) < 4.78 is 50.6. The van der Waals surface area contributed by atoms with Crippen molar-refractivity contribution in [2.75, 3.05) is 18.5 Å². The van der Waals surface area contributed by atoms with Gasteiger partial charge in [-0.1, -0.05) is 42.5 Å². The molecule has 0 saturated carbocycles. The number of esters is 2. The number of nitrogens with zero attached hydrogens (tertiary/aromatic N) is 1. The lowest BCUT2D eigenvalue weighted by atomic mass is 9.71. The van der Waals surface area contributed by atoms with Crippen LogP contribution in [-0.2, 0) is 25.2 Å². The first kappa shape index (κ1) is 29.1. The highest BCUT2D eigenvalue weighted by Crippen LogP contribution is 2.45. The number of nitrogens with one attached hydrogen (secondary N) is 2. The third-order valence-electron chi connectivity index (χ3n) is 6.67. The number of allylic oxidation sites excluding steroid dienone is 1. The average Bonchev–Trinajstić information content (AvgIpc) is 3.36. The van der Waals surface area contributed by atoms with Gasteiger partial charge >= 0.3 is 18.1 Å². The summed E-state index contributed by atoms with van der Waals surface area (Å²) in [6.45, 7) is 7.20. The molecule has 3 atom stereocenters. The molecule has 4 rings (SSSR count). The first-order valence-electron chi connectivity index (χ1n) is 12.8. The van der Waals surface area contributed by atoms with E-state index in [9.17, 15) is 22.8 Å². The summed E-state index contributed by atoms with van der Waals surface area (Å²) in [5.74, 6) is -2.75. The van der Waals surface area contributed by atoms with Gasteiger partial charge in [-0.05, 0) is 45.4 Å². The summed E-state index contributed by atoms with van der Waals surface area (Å²) in [5, 5.41) is 8.59. The first-order valence-corrected chi connectivity index (χ1v) is 13.7. The van der Waals surface area contributed by atoms with Gasteiger partial charge in [-0.15, -0.1) is 11.3 Å². The molecule has 0 fully saturated rings. The second-order valence-electron chi connectivity index (χ2n) is 9.45. The lowest BCUT2D eigenvalue weighted by Gasteiger charge is -2.46. The monoisotopic (exact) mass is 573 g/mol. The Bertz CT molecular complexity index is 1410. The van der Waals surface area contributed by atoms with E-state index in [-0.39, 0.29) is 13.2 Å². The van der Waals surface area contributed by atoms with E-state index in [2.05, 4.69) is 15.6 Å². The zero-order valence-corrected chi connectivity index (χ0v) is 23.3. The molecular formula is C29H30F3N3O4S. The van der Waals surface area contributed by atoms with Crippen LogP contribution in [0.5, 0.6) is 0 Å². The van der Waals surface area contributed by atoms with E-state index in [4.69, 9.17) is 9.47 Å². The van der Waals surface area contributed by atoms with E-state index in [1.165, 1.54) is 17.4 Å². The molecule has 0 saturated heterocycles. The highest BCUT2D eigenvalue weighted by Gasteiger charge is 2.53. The van der Waals surface area contributed by atoms with Gasteiger partial charge in [0.25, 0.3) is 0 Å². The smallest absolute Gasteiger partial charge is 0.416 e. The summed E-state index contributed by atoms with van der Waals surface area (Å²) in [4.78, 5) is 31.3. The quantitative estimate of drug-likeness (QED) is 0.303. The van der Waals surface area contributed by atoms with Crippen molar-refractivity contribution in [3.63, 3.8) is 0 Å². The third kappa shape index (κ3) is 5.99. The van der Waals surface area contributed by atoms with Gasteiger partial charge in [0.15, 0.2) is 5.13 Å². The highest BCUT2D eigenvalue weighted by molar-refractivity contribution is 7.14. The molecule has 1 aliphatic heterocycles. The molecule has 0 bridgehead atoms. The molecule has 1 aliphatic rings. The van der Waals surface area contributed by atoms with Crippen LogP contribution in [0.3, 0.4) is 0 Å². The predicted molar refractivity (Wildman–Crippen MR) is 146 cm³/mol. The zero-order chi connectivity index (χ0) is 29.1. The maximum absolute atomic E-state index is 13.6.